The van der Waals surface area contributed by atoms with Crippen LogP contribution < -0.4 is 16.6 Å². The molecule has 2 aromatic rings. The molecule has 1 N–H and O–H groups in total. The first-order valence-corrected chi connectivity index (χ1v) is 6.37. The molecule has 0 aliphatic carbocycles. The average molecular weight is 260 g/mol. The van der Waals surface area contributed by atoms with Crippen molar-refractivity contribution in [1.29, 1.82) is 0 Å². The Morgan fingerprint density at radius 3 is 2.74 bits per heavy atom. The summed E-state index contributed by atoms with van der Waals surface area (Å²) in [6.45, 7) is 1.89. The van der Waals surface area contributed by atoms with Crippen LogP contribution in [0.15, 0.2) is 21.7 Å². The maximum Gasteiger partial charge on any atom is 0.332 e. The van der Waals surface area contributed by atoms with Crippen LogP contribution in [-0.2, 0) is 14.1 Å². The number of hydrogen-bond donors (Lipinski definition) is 1. The molecule has 1 saturated heterocycles. The molecule has 6 nitrogen and oxygen atoms in total. The van der Waals surface area contributed by atoms with E-state index in [0.717, 1.165) is 29.8 Å². The number of rotatable bonds is 1. The van der Waals surface area contributed by atoms with Gasteiger partial charge in [0.15, 0.2) is 0 Å². The molecule has 1 atom stereocenters. The molecule has 100 valence electrons. The summed E-state index contributed by atoms with van der Waals surface area (Å²) in [5, 5.41) is 3.78. The van der Waals surface area contributed by atoms with E-state index < -0.39 is 0 Å². The molecule has 0 spiro atoms. The molecule has 0 bridgehead atoms. The summed E-state index contributed by atoms with van der Waals surface area (Å²) in [5.74, 6) is 0.364. The van der Waals surface area contributed by atoms with Crippen molar-refractivity contribution in [3.63, 3.8) is 0 Å². The van der Waals surface area contributed by atoms with Crippen LogP contribution in [-0.4, -0.2) is 27.2 Å². The standard InChI is InChI=1S/C13H16N4O2/c1-16-11-9(12(18)17(2)13(16)19)3-4-10(15-11)8-5-6-14-7-8/h3-4,8,14H,5-7H2,1-2H3. The lowest BCUT2D eigenvalue weighted by atomic mass is 10.0. The normalized spacial score (nSPS) is 19.2. The summed E-state index contributed by atoms with van der Waals surface area (Å²) >= 11 is 0. The lowest BCUT2D eigenvalue weighted by Gasteiger charge is -2.11. The number of pyridine rings is 1. The molecule has 0 radical (unpaired) electrons. The Bertz CT molecular complexity index is 754. The SMILES string of the molecule is Cn1c(=O)c2ccc(C3CCNC3)nc2n(C)c1=O. The number of nitrogens with zero attached hydrogens (tertiary/aromatic N) is 3. The third-order valence-electron chi connectivity index (χ3n) is 3.80. The Balaban J connectivity index is 2.28. The Hall–Kier alpha value is -1.95. The van der Waals surface area contributed by atoms with Gasteiger partial charge in [-0.05, 0) is 25.1 Å². The first kappa shape index (κ1) is 12.1. The molecule has 3 heterocycles. The van der Waals surface area contributed by atoms with E-state index in [0.29, 0.717) is 17.0 Å². The van der Waals surface area contributed by atoms with E-state index >= 15 is 0 Å². The third kappa shape index (κ3) is 1.79. The minimum Gasteiger partial charge on any atom is -0.316 e. The predicted molar refractivity (Wildman–Crippen MR) is 72.5 cm³/mol. The molecule has 0 aromatic carbocycles. The quantitative estimate of drug-likeness (QED) is 0.765. The molecule has 1 aliphatic rings. The van der Waals surface area contributed by atoms with Gasteiger partial charge in [0, 0.05) is 32.3 Å². The molecule has 1 fully saturated rings. The van der Waals surface area contributed by atoms with Gasteiger partial charge in [-0.1, -0.05) is 0 Å². The minimum absolute atomic E-state index is 0.290. The van der Waals surface area contributed by atoms with Crippen molar-refractivity contribution in [1.82, 2.24) is 19.4 Å². The largest absolute Gasteiger partial charge is 0.332 e. The van der Waals surface area contributed by atoms with Gasteiger partial charge < -0.3 is 5.32 Å². The van der Waals surface area contributed by atoms with Crippen molar-refractivity contribution < 1.29 is 0 Å². The predicted octanol–water partition coefficient (Wildman–Crippen LogP) is -0.291. The molecule has 19 heavy (non-hydrogen) atoms. The highest BCUT2D eigenvalue weighted by atomic mass is 16.2. The van der Waals surface area contributed by atoms with E-state index in [4.69, 9.17) is 0 Å². The zero-order valence-corrected chi connectivity index (χ0v) is 11.0. The number of aryl methyl sites for hydroxylation is 1. The third-order valence-corrected chi connectivity index (χ3v) is 3.80. The van der Waals surface area contributed by atoms with Crippen LogP contribution in [0.1, 0.15) is 18.0 Å². The van der Waals surface area contributed by atoms with Crippen LogP contribution in [0.25, 0.3) is 11.0 Å². The van der Waals surface area contributed by atoms with E-state index in [1.54, 1.807) is 13.1 Å². The van der Waals surface area contributed by atoms with Crippen molar-refractivity contribution in [2.45, 2.75) is 12.3 Å². The lowest BCUT2D eigenvalue weighted by Crippen LogP contribution is -2.37. The number of hydrogen-bond acceptors (Lipinski definition) is 4. The van der Waals surface area contributed by atoms with Gasteiger partial charge in [-0.25, -0.2) is 9.78 Å². The molecular formula is C13H16N4O2. The van der Waals surface area contributed by atoms with Crippen molar-refractivity contribution in [2.24, 2.45) is 14.1 Å². The average Bonchev–Trinajstić information content (AvgIpc) is 2.96. The number of fused-ring (bicyclic) bond motifs is 1. The van der Waals surface area contributed by atoms with Crippen LogP contribution in [0.2, 0.25) is 0 Å². The summed E-state index contributed by atoms with van der Waals surface area (Å²) in [6, 6.07) is 3.67. The van der Waals surface area contributed by atoms with Crippen LogP contribution in [0.5, 0.6) is 0 Å². The van der Waals surface area contributed by atoms with Crippen LogP contribution >= 0.6 is 0 Å². The highest BCUT2D eigenvalue weighted by Crippen LogP contribution is 2.21. The van der Waals surface area contributed by atoms with E-state index in [-0.39, 0.29) is 11.2 Å². The monoisotopic (exact) mass is 260 g/mol. The topological polar surface area (TPSA) is 68.9 Å². The minimum atomic E-state index is -0.341. The molecule has 0 amide bonds. The van der Waals surface area contributed by atoms with Crippen LogP contribution in [0.4, 0.5) is 0 Å². The fraction of sp³-hybridized carbons (Fsp3) is 0.462. The highest BCUT2D eigenvalue weighted by molar-refractivity contribution is 5.74. The Labute approximate surface area is 109 Å². The zero-order chi connectivity index (χ0) is 13.6. The Kier molecular flexibility index (Phi) is 2.74. The molecule has 1 unspecified atom stereocenters. The summed E-state index contributed by atoms with van der Waals surface area (Å²) in [7, 11) is 3.13. The molecule has 3 rings (SSSR count). The zero-order valence-electron chi connectivity index (χ0n) is 11.0. The second-order valence-electron chi connectivity index (χ2n) is 5.00. The second kappa shape index (κ2) is 4.31. The fourth-order valence-corrected chi connectivity index (χ4v) is 2.60. The van der Waals surface area contributed by atoms with Crippen molar-refractivity contribution in [3.05, 3.63) is 38.7 Å². The van der Waals surface area contributed by atoms with Gasteiger partial charge in [-0.2, -0.15) is 0 Å². The van der Waals surface area contributed by atoms with Gasteiger partial charge in [-0.15, -0.1) is 0 Å². The summed E-state index contributed by atoms with van der Waals surface area (Å²) in [5.41, 5.74) is 0.784. The number of nitrogens with one attached hydrogen (secondary N) is 1. The van der Waals surface area contributed by atoms with E-state index in [9.17, 15) is 9.59 Å². The Morgan fingerprint density at radius 1 is 1.26 bits per heavy atom. The maximum absolute atomic E-state index is 12.0. The summed E-state index contributed by atoms with van der Waals surface area (Å²) in [4.78, 5) is 28.5. The Morgan fingerprint density at radius 2 is 2.05 bits per heavy atom. The summed E-state index contributed by atoms with van der Waals surface area (Å²) in [6.07, 6.45) is 1.04. The van der Waals surface area contributed by atoms with Gasteiger partial charge in [0.2, 0.25) is 0 Å². The van der Waals surface area contributed by atoms with E-state index in [1.807, 2.05) is 6.07 Å². The molecule has 1 aliphatic heterocycles. The van der Waals surface area contributed by atoms with Crippen molar-refractivity contribution in [3.8, 4) is 0 Å². The highest BCUT2D eigenvalue weighted by Gasteiger charge is 2.19. The maximum atomic E-state index is 12.0. The van der Waals surface area contributed by atoms with Gasteiger partial charge in [0.05, 0.1) is 5.39 Å². The van der Waals surface area contributed by atoms with Gasteiger partial charge in [-0.3, -0.25) is 13.9 Å². The van der Waals surface area contributed by atoms with E-state index in [2.05, 4.69) is 10.3 Å². The second-order valence-corrected chi connectivity index (χ2v) is 5.00. The lowest BCUT2D eigenvalue weighted by molar-refractivity contribution is 0.696. The van der Waals surface area contributed by atoms with Gasteiger partial charge in [0.1, 0.15) is 5.65 Å². The fourth-order valence-electron chi connectivity index (χ4n) is 2.60. The van der Waals surface area contributed by atoms with Crippen LogP contribution in [0, 0.1) is 0 Å². The molecule has 2 aromatic heterocycles. The smallest absolute Gasteiger partial charge is 0.316 e. The summed E-state index contributed by atoms with van der Waals surface area (Å²) < 4.78 is 2.55. The molecular weight excluding hydrogens is 244 g/mol. The van der Waals surface area contributed by atoms with Crippen molar-refractivity contribution >= 4 is 11.0 Å². The van der Waals surface area contributed by atoms with Gasteiger partial charge in [0.25, 0.3) is 5.56 Å². The molecule has 6 heteroatoms. The molecule has 0 saturated carbocycles. The van der Waals surface area contributed by atoms with Crippen molar-refractivity contribution in [2.75, 3.05) is 13.1 Å². The van der Waals surface area contributed by atoms with Gasteiger partial charge >= 0.3 is 5.69 Å². The first-order valence-electron chi connectivity index (χ1n) is 6.37. The van der Waals surface area contributed by atoms with Crippen LogP contribution in [0.3, 0.4) is 0 Å². The van der Waals surface area contributed by atoms with E-state index in [1.165, 1.54) is 11.6 Å². The number of aromatic nitrogens is 3. The first-order chi connectivity index (χ1) is 9.09.